The molecule has 0 radical (unpaired) electrons. The highest BCUT2D eigenvalue weighted by Gasteiger charge is 2.23. The predicted molar refractivity (Wildman–Crippen MR) is 113 cm³/mol. The molecule has 0 bridgehead atoms. The van der Waals surface area contributed by atoms with Crippen molar-refractivity contribution in [1.82, 2.24) is 0 Å². The summed E-state index contributed by atoms with van der Waals surface area (Å²) in [6.45, 7) is 3.15. The molecule has 2 heteroatoms. The molecule has 1 aromatic rings. The summed E-state index contributed by atoms with van der Waals surface area (Å²) < 4.78 is 0. The summed E-state index contributed by atoms with van der Waals surface area (Å²) >= 11 is 0. The molecule has 1 aromatic carbocycles. The van der Waals surface area contributed by atoms with Gasteiger partial charge < -0.3 is 4.90 Å². The third-order valence-electron chi connectivity index (χ3n) is 5.68. The first kappa shape index (κ1) is 21.0. The molecular formula is C24H39NO. The minimum absolute atomic E-state index is 0.318. The molecule has 0 spiro atoms. The number of unbranched alkanes of at least 4 members (excludes halogenated alkanes) is 12. The number of rotatable bonds is 14. The van der Waals surface area contributed by atoms with Crippen molar-refractivity contribution in [2.24, 2.45) is 0 Å². The van der Waals surface area contributed by atoms with E-state index in [9.17, 15) is 4.79 Å². The van der Waals surface area contributed by atoms with Gasteiger partial charge in [-0.2, -0.15) is 0 Å². The maximum Gasteiger partial charge on any atom is 0.226 e. The van der Waals surface area contributed by atoms with Gasteiger partial charge in [-0.1, -0.05) is 102 Å². The molecule has 0 aromatic heterocycles. The SMILES string of the molecule is CCCCCCCCCCCCCCCC(=O)N1CCc2ccccc21. The monoisotopic (exact) mass is 357 g/mol. The molecule has 0 fully saturated rings. The number of hydrogen-bond acceptors (Lipinski definition) is 1. The minimum atomic E-state index is 0.318. The molecule has 1 amide bonds. The Morgan fingerprint density at radius 1 is 0.808 bits per heavy atom. The van der Waals surface area contributed by atoms with Gasteiger partial charge in [-0.25, -0.2) is 0 Å². The lowest BCUT2D eigenvalue weighted by Gasteiger charge is -2.17. The Morgan fingerprint density at radius 3 is 1.96 bits per heavy atom. The first-order chi connectivity index (χ1) is 12.8. The number of anilines is 1. The summed E-state index contributed by atoms with van der Waals surface area (Å²) in [4.78, 5) is 14.4. The van der Waals surface area contributed by atoms with Crippen LogP contribution in [0.15, 0.2) is 24.3 Å². The minimum Gasteiger partial charge on any atom is -0.312 e. The van der Waals surface area contributed by atoms with E-state index < -0.39 is 0 Å². The van der Waals surface area contributed by atoms with E-state index in [4.69, 9.17) is 0 Å². The van der Waals surface area contributed by atoms with Crippen LogP contribution in [0.5, 0.6) is 0 Å². The Balaban J connectivity index is 1.41. The summed E-state index contributed by atoms with van der Waals surface area (Å²) in [6.07, 6.45) is 19.3. The van der Waals surface area contributed by atoms with Crippen molar-refractivity contribution in [2.75, 3.05) is 11.4 Å². The van der Waals surface area contributed by atoms with Crippen LogP contribution in [0.4, 0.5) is 5.69 Å². The van der Waals surface area contributed by atoms with Crippen molar-refractivity contribution in [2.45, 2.75) is 103 Å². The number of amides is 1. The average molecular weight is 358 g/mol. The highest BCUT2D eigenvalue weighted by Crippen LogP contribution is 2.28. The first-order valence-electron chi connectivity index (χ1n) is 11.2. The molecule has 0 saturated heterocycles. The Kier molecular flexibility index (Phi) is 10.5. The van der Waals surface area contributed by atoms with E-state index in [-0.39, 0.29) is 0 Å². The van der Waals surface area contributed by atoms with Crippen molar-refractivity contribution < 1.29 is 4.79 Å². The second-order valence-electron chi connectivity index (χ2n) is 7.92. The van der Waals surface area contributed by atoms with Crippen LogP contribution in [-0.4, -0.2) is 12.5 Å². The topological polar surface area (TPSA) is 20.3 Å². The number of carbonyl (C=O) groups excluding carboxylic acids is 1. The van der Waals surface area contributed by atoms with Gasteiger partial charge >= 0.3 is 0 Å². The number of carbonyl (C=O) groups is 1. The highest BCUT2D eigenvalue weighted by molar-refractivity contribution is 5.95. The molecule has 2 rings (SSSR count). The molecule has 2 nitrogen and oxygen atoms in total. The van der Waals surface area contributed by atoms with Crippen molar-refractivity contribution in [1.29, 1.82) is 0 Å². The van der Waals surface area contributed by atoms with E-state index in [1.165, 1.54) is 82.6 Å². The lowest BCUT2D eigenvalue weighted by molar-refractivity contribution is -0.118. The van der Waals surface area contributed by atoms with E-state index in [0.717, 1.165) is 25.1 Å². The summed E-state index contributed by atoms with van der Waals surface area (Å²) in [6, 6.07) is 8.34. The number of fused-ring (bicyclic) bond motifs is 1. The second-order valence-corrected chi connectivity index (χ2v) is 7.92. The van der Waals surface area contributed by atoms with E-state index in [1.807, 2.05) is 11.0 Å². The van der Waals surface area contributed by atoms with Crippen LogP contribution in [0.25, 0.3) is 0 Å². The number of hydrogen-bond donors (Lipinski definition) is 0. The smallest absolute Gasteiger partial charge is 0.226 e. The van der Waals surface area contributed by atoms with Gasteiger partial charge in [0.15, 0.2) is 0 Å². The standard InChI is InChI=1S/C24H39NO/c1-2-3-4-5-6-7-8-9-10-11-12-13-14-19-24(26)25-21-20-22-17-15-16-18-23(22)25/h15-18H,2-14,19-21H2,1H3. The summed E-state index contributed by atoms with van der Waals surface area (Å²) in [5, 5.41) is 0. The Hall–Kier alpha value is -1.31. The average Bonchev–Trinajstić information content (AvgIpc) is 3.09. The van der Waals surface area contributed by atoms with Crippen LogP contribution in [0, 0.1) is 0 Å². The molecule has 0 aliphatic carbocycles. The molecule has 0 atom stereocenters. The van der Waals surface area contributed by atoms with Crippen LogP contribution in [0.3, 0.4) is 0 Å². The van der Waals surface area contributed by atoms with Crippen molar-refractivity contribution >= 4 is 11.6 Å². The van der Waals surface area contributed by atoms with Crippen LogP contribution >= 0.6 is 0 Å². The van der Waals surface area contributed by atoms with E-state index in [1.54, 1.807) is 0 Å². The maximum absolute atomic E-state index is 12.4. The largest absolute Gasteiger partial charge is 0.312 e. The zero-order chi connectivity index (χ0) is 18.5. The van der Waals surface area contributed by atoms with Gasteiger partial charge in [0.05, 0.1) is 0 Å². The maximum atomic E-state index is 12.4. The fraction of sp³-hybridized carbons (Fsp3) is 0.708. The molecule has 146 valence electrons. The Labute approximate surface area is 161 Å². The van der Waals surface area contributed by atoms with Crippen LogP contribution in [0.1, 0.15) is 102 Å². The van der Waals surface area contributed by atoms with Gasteiger partial charge in [0.25, 0.3) is 0 Å². The van der Waals surface area contributed by atoms with E-state index in [2.05, 4.69) is 25.1 Å². The summed E-state index contributed by atoms with van der Waals surface area (Å²) in [5.41, 5.74) is 2.47. The fourth-order valence-corrected chi connectivity index (χ4v) is 4.03. The zero-order valence-corrected chi connectivity index (χ0v) is 17.0. The Morgan fingerprint density at radius 2 is 1.35 bits per heavy atom. The predicted octanol–water partition coefficient (Wildman–Crippen LogP) is 7.06. The zero-order valence-electron chi connectivity index (χ0n) is 17.0. The Bertz CT molecular complexity index is 511. The highest BCUT2D eigenvalue weighted by atomic mass is 16.2. The van der Waals surface area contributed by atoms with Crippen molar-refractivity contribution in [3.8, 4) is 0 Å². The lowest BCUT2D eigenvalue weighted by atomic mass is 10.0. The van der Waals surface area contributed by atoms with Crippen LogP contribution in [0.2, 0.25) is 0 Å². The number of para-hydroxylation sites is 1. The summed E-state index contributed by atoms with van der Waals surface area (Å²) in [7, 11) is 0. The normalized spacial score (nSPS) is 13.2. The molecule has 1 heterocycles. The van der Waals surface area contributed by atoms with Crippen molar-refractivity contribution in [3.63, 3.8) is 0 Å². The third kappa shape index (κ3) is 7.51. The summed E-state index contributed by atoms with van der Waals surface area (Å²) in [5.74, 6) is 0.318. The first-order valence-corrected chi connectivity index (χ1v) is 11.2. The lowest BCUT2D eigenvalue weighted by Crippen LogP contribution is -2.28. The van der Waals surface area contributed by atoms with E-state index >= 15 is 0 Å². The van der Waals surface area contributed by atoms with Gasteiger partial charge in [0, 0.05) is 18.7 Å². The van der Waals surface area contributed by atoms with Gasteiger partial charge in [0.1, 0.15) is 0 Å². The van der Waals surface area contributed by atoms with Crippen LogP contribution < -0.4 is 4.90 Å². The molecule has 0 N–H and O–H groups in total. The number of nitrogens with zero attached hydrogens (tertiary/aromatic N) is 1. The van der Waals surface area contributed by atoms with Gasteiger partial charge in [-0.3, -0.25) is 4.79 Å². The molecular weight excluding hydrogens is 318 g/mol. The van der Waals surface area contributed by atoms with Gasteiger partial charge in [-0.15, -0.1) is 0 Å². The van der Waals surface area contributed by atoms with E-state index in [0.29, 0.717) is 12.3 Å². The van der Waals surface area contributed by atoms with Gasteiger partial charge in [-0.05, 0) is 24.5 Å². The second kappa shape index (κ2) is 12.9. The molecule has 0 unspecified atom stereocenters. The fourth-order valence-electron chi connectivity index (χ4n) is 4.03. The van der Waals surface area contributed by atoms with Crippen molar-refractivity contribution in [3.05, 3.63) is 29.8 Å². The molecule has 1 aliphatic heterocycles. The number of benzene rings is 1. The molecule has 1 aliphatic rings. The van der Waals surface area contributed by atoms with Crippen LogP contribution in [-0.2, 0) is 11.2 Å². The quantitative estimate of drug-likeness (QED) is 0.326. The third-order valence-corrected chi connectivity index (χ3v) is 5.68. The molecule has 26 heavy (non-hydrogen) atoms. The van der Waals surface area contributed by atoms with Gasteiger partial charge in [0.2, 0.25) is 5.91 Å². The molecule has 0 saturated carbocycles.